The van der Waals surface area contributed by atoms with Gasteiger partial charge in [-0.05, 0) is 33.2 Å². The van der Waals surface area contributed by atoms with Gasteiger partial charge in [-0.25, -0.2) is 4.79 Å². The lowest BCUT2D eigenvalue weighted by Gasteiger charge is -2.48. The third kappa shape index (κ3) is 2.91. The van der Waals surface area contributed by atoms with Crippen LogP contribution in [0.3, 0.4) is 0 Å². The largest absolute Gasteiger partial charge is 0.458 e. The fourth-order valence-electron chi connectivity index (χ4n) is 3.14. The van der Waals surface area contributed by atoms with Gasteiger partial charge in [0.05, 0.1) is 6.04 Å². The van der Waals surface area contributed by atoms with Crippen molar-refractivity contribution in [3.8, 4) is 0 Å². The van der Waals surface area contributed by atoms with E-state index in [0.29, 0.717) is 6.42 Å². The lowest BCUT2D eigenvalue weighted by atomic mass is 9.93. The molecular weight excluding hydrogens is 272 g/mol. The maximum Gasteiger partial charge on any atom is 0.329 e. The van der Waals surface area contributed by atoms with Gasteiger partial charge < -0.3 is 15.4 Å². The molecule has 0 radical (unpaired) electrons. The minimum atomic E-state index is -1.39. The summed E-state index contributed by atoms with van der Waals surface area (Å²) in [6.45, 7) is 10.2. The molecule has 6 heteroatoms. The van der Waals surface area contributed by atoms with Gasteiger partial charge in [0.15, 0.2) is 0 Å². The first-order chi connectivity index (χ1) is 9.02. The van der Waals surface area contributed by atoms with E-state index in [-0.39, 0.29) is 17.9 Å². The van der Waals surface area contributed by atoms with Crippen molar-refractivity contribution >= 4 is 20.0 Å². The first-order valence-corrected chi connectivity index (χ1v) is 10.7. The molecule has 0 aliphatic carbocycles. The number of hydrogen-bond acceptors (Lipinski definition) is 4. The van der Waals surface area contributed by atoms with Crippen LogP contribution >= 0.6 is 0 Å². The fourth-order valence-corrected chi connectivity index (χ4v) is 5.98. The molecule has 0 aromatic heterocycles. The Kier molecular flexibility index (Phi) is 3.75. The molecule has 0 bridgehead atoms. The van der Waals surface area contributed by atoms with Crippen molar-refractivity contribution in [1.82, 2.24) is 4.90 Å². The Morgan fingerprint density at radius 2 is 2.00 bits per heavy atom. The number of β-lactam (4-membered cyclic amide) rings is 1. The normalized spacial score (nSPS) is 33.0. The second kappa shape index (κ2) is 4.84. The van der Waals surface area contributed by atoms with Crippen molar-refractivity contribution in [2.45, 2.75) is 76.1 Å². The van der Waals surface area contributed by atoms with Gasteiger partial charge >= 0.3 is 5.97 Å². The summed E-state index contributed by atoms with van der Waals surface area (Å²) in [6, 6.07) is 1.18. The van der Waals surface area contributed by atoms with E-state index in [1.165, 1.54) is 0 Å². The average molecular weight is 298 g/mol. The molecule has 2 saturated heterocycles. The molecule has 2 aliphatic rings. The molecule has 20 heavy (non-hydrogen) atoms. The second-order valence-electron chi connectivity index (χ2n) is 7.79. The topological polar surface area (TPSA) is 72.6 Å². The van der Waals surface area contributed by atoms with Gasteiger partial charge in [-0.1, -0.05) is 19.1 Å². The summed E-state index contributed by atoms with van der Waals surface area (Å²) in [7, 11) is -1.39. The minimum Gasteiger partial charge on any atom is -0.458 e. The molecule has 3 atom stereocenters. The summed E-state index contributed by atoms with van der Waals surface area (Å²) in [4.78, 5) is 26.1. The van der Waals surface area contributed by atoms with Crippen LogP contribution in [0.5, 0.6) is 0 Å². The van der Waals surface area contributed by atoms with Crippen molar-refractivity contribution in [2.75, 3.05) is 0 Å². The Morgan fingerprint density at radius 3 is 2.55 bits per heavy atom. The number of rotatable bonds is 1. The molecule has 5 nitrogen and oxygen atoms in total. The Morgan fingerprint density at radius 1 is 1.40 bits per heavy atom. The van der Waals surface area contributed by atoms with Gasteiger partial charge in [-0.2, -0.15) is 0 Å². The first kappa shape index (κ1) is 15.5. The summed E-state index contributed by atoms with van der Waals surface area (Å²) >= 11 is 0. The number of fused-ring (bicyclic) bond motifs is 1. The van der Waals surface area contributed by atoms with Gasteiger partial charge in [-0.15, -0.1) is 0 Å². The number of carbonyl (C=O) groups is 2. The molecule has 2 heterocycles. The van der Waals surface area contributed by atoms with Gasteiger partial charge in [0.25, 0.3) is 0 Å². The fraction of sp³-hybridized carbons (Fsp3) is 0.857. The van der Waals surface area contributed by atoms with Gasteiger partial charge in [0.2, 0.25) is 5.91 Å². The van der Waals surface area contributed by atoms with Crippen LogP contribution < -0.4 is 5.73 Å². The van der Waals surface area contributed by atoms with E-state index < -0.39 is 25.8 Å². The van der Waals surface area contributed by atoms with Crippen molar-refractivity contribution in [3.05, 3.63) is 0 Å². The molecular formula is C14H26N2O3Si. The lowest BCUT2D eigenvalue weighted by Crippen LogP contribution is -2.72. The van der Waals surface area contributed by atoms with Crippen LogP contribution in [0.2, 0.25) is 25.2 Å². The molecule has 0 spiro atoms. The Labute approximate surface area is 121 Å². The van der Waals surface area contributed by atoms with E-state index in [1.54, 1.807) is 4.90 Å². The van der Waals surface area contributed by atoms with E-state index in [4.69, 9.17) is 10.5 Å². The predicted octanol–water partition coefficient (Wildman–Crippen LogP) is 1.35. The first-order valence-electron chi connectivity index (χ1n) is 7.32. The van der Waals surface area contributed by atoms with E-state index in [0.717, 1.165) is 12.1 Å². The van der Waals surface area contributed by atoms with E-state index in [9.17, 15) is 9.59 Å². The average Bonchev–Trinajstić information content (AvgIpc) is 2.41. The van der Waals surface area contributed by atoms with E-state index in [1.807, 2.05) is 20.8 Å². The number of nitrogens with zero attached hydrogens (tertiary/aromatic N) is 1. The van der Waals surface area contributed by atoms with Crippen LogP contribution in [-0.2, 0) is 14.3 Å². The zero-order chi connectivity index (χ0) is 15.3. The molecule has 2 aliphatic heterocycles. The number of amides is 1. The molecule has 114 valence electrons. The molecule has 0 aromatic rings. The SMILES string of the molecule is CC(C)(C)OC(=O)[C@@H]1CC[Si](C)(C)C[C@@H]2C(N)C(=O)N21. The summed E-state index contributed by atoms with van der Waals surface area (Å²) < 4.78 is 5.48. The Balaban J connectivity index is 2.20. The van der Waals surface area contributed by atoms with Gasteiger partial charge in [0, 0.05) is 8.07 Å². The second-order valence-corrected chi connectivity index (χ2v) is 13.0. The molecule has 0 saturated carbocycles. The molecule has 0 aromatic carbocycles. The zero-order valence-electron chi connectivity index (χ0n) is 13.1. The van der Waals surface area contributed by atoms with Crippen molar-refractivity contribution in [1.29, 1.82) is 0 Å². The van der Waals surface area contributed by atoms with Crippen molar-refractivity contribution < 1.29 is 14.3 Å². The Hall–Kier alpha value is -0.883. The van der Waals surface area contributed by atoms with Crippen LogP contribution in [0.1, 0.15) is 27.2 Å². The monoisotopic (exact) mass is 298 g/mol. The summed E-state index contributed by atoms with van der Waals surface area (Å²) in [5, 5.41) is 0. The maximum atomic E-state index is 12.4. The smallest absolute Gasteiger partial charge is 0.329 e. The van der Waals surface area contributed by atoms with Crippen LogP contribution in [0, 0.1) is 0 Å². The van der Waals surface area contributed by atoms with Gasteiger partial charge in [-0.3, -0.25) is 4.79 Å². The third-order valence-corrected chi connectivity index (χ3v) is 7.35. The van der Waals surface area contributed by atoms with Gasteiger partial charge in [0.1, 0.15) is 17.7 Å². The zero-order valence-corrected chi connectivity index (χ0v) is 14.1. The molecule has 1 unspecified atom stereocenters. The summed E-state index contributed by atoms with van der Waals surface area (Å²) in [5.41, 5.74) is 5.41. The quantitative estimate of drug-likeness (QED) is 0.450. The van der Waals surface area contributed by atoms with Crippen LogP contribution in [0.4, 0.5) is 0 Å². The van der Waals surface area contributed by atoms with Crippen molar-refractivity contribution in [3.63, 3.8) is 0 Å². The van der Waals surface area contributed by atoms with E-state index >= 15 is 0 Å². The number of nitrogens with two attached hydrogens (primary N) is 1. The van der Waals surface area contributed by atoms with Crippen molar-refractivity contribution in [2.24, 2.45) is 5.73 Å². The molecule has 2 rings (SSSR count). The predicted molar refractivity (Wildman–Crippen MR) is 80.0 cm³/mol. The molecule has 2 N–H and O–H groups in total. The number of hydrogen-bond donors (Lipinski definition) is 1. The standard InChI is InChI=1S/C14H26N2O3Si/c1-14(2,3)19-13(18)9-6-7-20(4,5)8-10-11(15)12(17)16(9)10/h9-11H,6-8,15H2,1-5H3/t9-,10+,11?/m0/s1. The van der Waals surface area contributed by atoms with Crippen LogP contribution in [-0.4, -0.2) is 48.6 Å². The van der Waals surface area contributed by atoms with Crippen LogP contribution in [0.15, 0.2) is 0 Å². The summed E-state index contributed by atoms with van der Waals surface area (Å²) in [6.07, 6.45) is 0.711. The minimum absolute atomic E-state index is 0.0317. The highest BCUT2D eigenvalue weighted by Gasteiger charge is 2.54. The molecule has 1 amide bonds. The lowest BCUT2D eigenvalue weighted by molar-refractivity contribution is -0.173. The van der Waals surface area contributed by atoms with Crippen LogP contribution in [0.25, 0.3) is 0 Å². The summed E-state index contributed by atoms with van der Waals surface area (Å²) in [5.74, 6) is -0.382. The highest BCUT2D eigenvalue weighted by Crippen LogP contribution is 2.37. The molecule has 2 fully saturated rings. The Bertz CT molecular complexity index is 431. The number of carbonyl (C=O) groups excluding carboxylic acids is 2. The number of ether oxygens (including phenoxy) is 1. The number of esters is 1. The highest BCUT2D eigenvalue weighted by atomic mass is 28.3. The third-order valence-electron chi connectivity index (χ3n) is 4.18. The maximum absolute atomic E-state index is 12.4. The van der Waals surface area contributed by atoms with E-state index in [2.05, 4.69) is 13.1 Å². The highest BCUT2D eigenvalue weighted by molar-refractivity contribution is 6.77.